The first kappa shape index (κ1) is 15.5. The molecule has 3 N–H and O–H groups in total. The molecule has 0 aromatic heterocycles. The largest absolute Gasteiger partial charge is 0.481 e. The fourth-order valence-electron chi connectivity index (χ4n) is 1.83. The lowest BCUT2D eigenvalue weighted by Gasteiger charge is -2.18. The van der Waals surface area contributed by atoms with Crippen LogP contribution < -0.4 is 15.8 Å². The van der Waals surface area contributed by atoms with Crippen molar-refractivity contribution in [3.63, 3.8) is 0 Å². The van der Waals surface area contributed by atoms with Gasteiger partial charge in [0.15, 0.2) is 6.10 Å². The van der Waals surface area contributed by atoms with E-state index in [4.69, 9.17) is 10.5 Å². The number of rotatable bonds is 7. The van der Waals surface area contributed by atoms with Crippen molar-refractivity contribution in [1.29, 1.82) is 0 Å². The maximum absolute atomic E-state index is 11.9. The third kappa shape index (κ3) is 5.30. The van der Waals surface area contributed by atoms with Gasteiger partial charge in [-0.05, 0) is 38.0 Å². The predicted octanol–water partition coefficient (Wildman–Crippen LogP) is 2.22. The van der Waals surface area contributed by atoms with E-state index in [1.54, 1.807) is 6.92 Å². The molecule has 0 aliphatic heterocycles. The molecule has 0 radical (unpaired) electrons. The zero-order valence-electron chi connectivity index (χ0n) is 12.0. The molecule has 106 valence electrons. The second-order valence-electron chi connectivity index (χ2n) is 4.81. The van der Waals surface area contributed by atoms with Gasteiger partial charge in [-0.2, -0.15) is 0 Å². The summed E-state index contributed by atoms with van der Waals surface area (Å²) in [6, 6.07) is 7.66. The van der Waals surface area contributed by atoms with Crippen LogP contribution >= 0.6 is 0 Å². The molecule has 4 nitrogen and oxygen atoms in total. The SMILES string of the molecule is CCCC(C)NC(=O)C(C)Oc1ccc(CN)cc1. The molecule has 2 unspecified atom stereocenters. The van der Waals surface area contributed by atoms with E-state index in [1.807, 2.05) is 31.2 Å². The van der Waals surface area contributed by atoms with Gasteiger partial charge in [0.05, 0.1) is 0 Å². The first-order chi connectivity index (χ1) is 9.06. The predicted molar refractivity (Wildman–Crippen MR) is 76.9 cm³/mol. The van der Waals surface area contributed by atoms with Gasteiger partial charge < -0.3 is 15.8 Å². The monoisotopic (exact) mass is 264 g/mol. The first-order valence-electron chi connectivity index (χ1n) is 6.82. The van der Waals surface area contributed by atoms with Crippen molar-refractivity contribution < 1.29 is 9.53 Å². The second kappa shape index (κ2) is 7.79. The van der Waals surface area contributed by atoms with Crippen LogP contribution in [0.1, 0.15) is 39.2 Å². The van der Waals surface area contributed by atoms with E-state index in [0.29, 0.717) is 12.3 Å². The van der Waals surface area contributed by atoms with Crippen LogP contribution in [0.4, 0.5) is 0 Å². The lowest BCUT2D eigenvalue weighted by Crippen LogP contribution is -2.41. The Morgan fingerprint density at radius 1 is 1.32 bits per heavy atom. The normalized spacial score (nSPS) is 13.7. The molecule has 0 aliphatic rings. The number of benzene rings is 1. The Kier molecular flexibility index (Phi) is 6.36. The molecule has 0 saturated carbocycles. The summed E-state index contributed by atoms with van der Waals surface area (Å²) in [5.41, 5.74) is 6.57. The molecule has 0 heterocycles. The van der Waals surface area contributed by atoms with Crippen LogP contribution in [0.5, 0.6) is 5.75 Å². The number of nitrogens with one attached hydrogen (secondary N) is 1. The van der Waals surface area contributed by atoms with E-state index in [-0.39, 0.29) is 11.9 Å². The van der Waals surface area contributed by atoms with Crippen LogP contribution in [0.3, 0.4) is 0 Å². The smallest absolute Gasteiger partial charge is 0.260 e. The average Bonchev–Trinajstić information content (AvgIpc) is 2.39. The molecule has 1 aromatic rings. The van der Waals surface area contributed by atoms with E-state index in [9.17, 15) is 4.79 Å². The minimum atomic E-state index is -0.497. The average molecular weight is 264 g/mol. The highest BCUT2D eigenvalue weighted by Crippen LogP contribution is 2.13. The maximum atomic E-state index is 11.9. The molecule has 0 aliphatic carbocycles. The Labute approximate surface area is 115 Å². The summed E-state index contributed by atoms with van der Waals surface area (Å²) in [7, 11) is 0. The molecule has 1 aromatic carbocycles. The minimum Gasteiger partial charge on any atom is -0.481 e. The van der Waals surface area contributed by atoms with Crippen molar-refractivity contribution in [3.05, 3.63) is 29.8 Å². The third-order valence-electron chi connectivity index (χ3n) is 2.95. The quantitative estimate of drug-likeness (QED) is 0.793. The highest BCUT2D eigenvalue weighted by molar-refractivity contribution is 5.80. The number of amides is 1. The van der Waals surface area contributed by atoms with Gasteiger partial charge in [0, 0.05) is 12.6 Å². The Balaban J connectivity index is 2.48. The van der Waals surface area contributed by atoms with Crippen molar-refractivity contribution in [3.8, 4) is 5.75 Å². The van der Waals surface area contributed by atoms with Crippen LogP contribution in [0.25, 0.3) is 0 Å². The van der Waals surface area contributed by atoms with Crippen LogP contribution in [-0.4, -0.2) is 18.1 Å². The fraction of sp³-hybridized carbons (Fsp3) is 0.533. The van der Waals surface area contributed by atoms with Crippen molar-refractivity contribution in [1.82, 2.24) is 5.32 Å². The number of hydrogen-bond donors (Lipinski definition) is 2. The van der Waals surface area contributed by atoms with Gasteiger partial charge in [0.25, 0.3) is 5.91 Å². The van der Waals surface area contributed by atoms with Crippen LogP contribution in [0.2, 0.25) is 0 Å². The molecular formula is C15H24N2O2. The Morgan fingerprint density at radius 2 is 1.95 bits per heavy atom. The Morgan fingerprint density at radius 3 is 2.47 bits per heavy atom. The lowest BCUT2D eigenvalue weighted by atomic mass is 10.2. The first-order valence-corrected chi connectivity index (χ1v) is 6.82. The van der Waals surface area contributed by atoms with Gasteiger partial charge in [-0.3, -0.25) is 4.79 Å². The summed E-state index contributed by atoms with van der Waals surface area (Å²) < 4.78 is 5.60. The summed E-state index contributed by atoms with van der Waals surface area (Å²) in [5.74, 6) is 0.604. The van der Waals surface area contributed by atoms with Gasteiger partial charge in [0.1, 0.15) is 5.75 Å². The Hall–Kier alpha value is -1.55. The van der Waals surface area contributed by atoms with Gasteiger partial charge in [-0.25, -0.2) is 0 Å². The molecule has 0 saturated heterocycles. The van der Waals surface area contributed by atoms with Crippen molar-refractivity contribution in [2.75, 3.05) is 0 Å². The third-order valence-corrected chi connectivity index (χ3v) is 2.95. The molecule has 2 atom stereocenters. The van der Waals surface area contributed by atoms with Crippen LogP contribution in [0.15, 0.2) is 24.3 Å². The molecule has 4 heteroatoms. The van der Waals surface area contributed by atoms with Gasteiger partial charge in [-0.1, -0.05) is 25.5 Å². The number of nitrogens with two attached hydrogens (primary N) is 1. The number of carbonyl (C=O) groups excluding carboxylic acids is 1. The van der Waals surface area contributed by atoms with Gasteiger partial charge in [0.2, 0.25) is 0 Å². The van der Waals surface area contributed by atoms with E-state index in [2.05, 4.69) is 12.2 Å². The van der Waals surface area contributed by atoms with Crippen molar-refractivity contribution in [2.45, 2.75) is 52.3 Å². The molecule has 1 rings (SSSR count). The highest BCUT2D eigenvalue weighted by atomic mass is 16.5. The minimum absolute atomic E-state index is 0.0798. The van der Waals surface area contributed by atoms with Gasteiger partial charge in [-0.15, -0.1) is 0 Å². The van der Waals surface area contributed by atoms with Crippen LogP contribution in [0, 0.1) is 0 Å². The summed E-state index contributed by atoms with van der Waals surface area (Å²) in [6.07, 6.45) is 1.53. The van der Waals surface area contributed by atoms with E-state index in [1.165, 1.54) is 0 Å². The van der Waals surface area contributed by atoms with Crippen molar-refractivity contribution in [2.24, 2.45) is 5.73 Å². The fourth-order valence-corrected chi connectivity index (χ4v) is 1.83. The van der Waals surface area contributed by atoms with Crippen LogP contribution in [-0.2, 0) is 11.3 Å². The molecule has 0 bridgehead atoms. The van der Waals surface area contributed by atoms with E-state index < -0.39 is 6.10 Å². The summed E-state index contributed by atoms with van der Waals surface area (Å²) in [4.78, 5) is 11.9. The second-order valence-corrected chi connectivity index (χ2v) is 4.81. The highest BCUT2D eigenvalue weighted by Gasteiger charge is 2.16. The molecular weight excluding hydrogens is 240 g/mol. The zero-order valence-corrected chi connectivity index (χ0v) is 12.0. The Bertz CT molecular complexity index is 390. The summed E-state index contributed by atoms with van der Waals surface area (Å²) >= 11 is 0. The van der Waals surface area contributed by atoms with E-state index in [0.717, 1.165) is 18.4 Å². The topological polar surface area (TPSA) is 64.3 Å². The molecule has 1 amide bonds. The summed E-state index contributed by atoms with van der Waals surface area (Å²) in [5, 5.41) is 2.94. The molecule has 19 heavy (non-hydrogen) atoms. The molecule has 0 fully saturated rings. The van der Waals surface area contributed by atoms with Crippen molar-refractivity contribution >= 4 is 5.91 Å². The van der Waals surface area contributed by atoms with E-state index >= 15 is 0 Å². The lowest BCUT2D eigenvalue weighted by molar-refractivity contribution is -0.127. The molecule has 0 spiro atoms. The van der Waals surface area contributed by atoms with Gasteiger partial charge >= 0.3 is 0 Å². The number of carbonyl (C=O) groups is 1. The standard InChI is InChI=1S/C15H24N2O2/c1-4-5-11(2)17-15(18)12(3)19-14-8-6-13(10-16)7-9-14/h6-9,11-12H,4-5,10,16H2,1-3H3,(H,17,18). The number of ether oxygens (including phenoxy) is 1. The number of hydrogen-bond acceptors (Lipinski definition) is 3. The zero-order chi connectivity index (χ0) is 14.3. The summed E-state index contributed by atoms with van der Waals surface area (Å²) in [6.45, 7) is 6.36. The maximum Gasteiger partial charge on any atom is 0.260 e.